The van der Waals surface area contributed by atoms with E-state index in [1.165, 1.54) is 0 Å². The third-order valence-electron chi connectivity index (χ3n) is 0.706. The Labute approximate surface area is 78.7 Å². The number of hydrogen-bond acceptors (Lipinski definition) is 2. The minimum Gasteiger partial charge on any atom is -0.399 e. The fraction of sp³-hybridized carbons (Fsp3) is 0. The zero-order valence-electron chi connectivity index (χ0n) is 4.83. The van der Waals surface area contributed by atoms with E-state index in [0.717, 1.165) is 5.69 Å². The van der Waals surface area contributed by atoms with Crippen LogP contribution in [0.15, 0.2) is 24.5 Å². The maximum Gasteiger partial charge on any atom is 1.00 e. The molecule has 1 aromatic heterocycles. The summed E-state index contributed by atoms with van der Waals surface area (Å²) in [6.45, 7) is 0. The molecular formula is C5H10BN2Na. The van der Waals surface area contributed by atoms with E-state index in [-0.39, 0.29) is 38.0 Å². The van der Waals surface area contributed by atoms with E-state index in [0.29, 0.717) is 0 Å². The first-order chi connectivity index (χ1) is 3.39. The molecule has 0 unspecified atom stereocenters. The van der Waals surface area contributed by atoms with Gasteiger partial charge in [-0.25, -0.2) is 0 Å². The largest absolute Gasteiger partial charge is 1.00 e. The van der Waals surface area contributed by atoms with Gasteiger partial charge in [-0.1, -0.05) is 8.41 Å². The Morgan fingerprint density at radius 2 is 1.67 bits per heavy atom. The molecule has 0 aromatic carbocycles. The summed E-state index contributed by atoms with van der Waals surface area (Å²) < 4.78 is 0. The van der Waals surface area contributed by atoms with Crippen LogP contribution in [0.4, 0.5) is 5.69 Å². The maximum absolute atomic E-state index is 5.32. The number of hydrogen-bond donors (Lipinski definition) is 1. The monoisotopic (exact) mass is 132 g/mol. The van der Waals surface area contributed by atoms with Crippen molar-refractivity contribution >= 4 is 14.1 Å². The Morgan fingerprint density at radius 3 is 1.89 bits per heavy atom. The Kier molecular flexibility index (Phi) is 8.03. The van der Waals surface area contributed by atoms with E-state index in [9.17, 15) is 0 Å². The predicted molar refractivity (Wildman–Crippen MR) is 40.0 cm³/mol. The van der Waals surface area contributed by atoms with Crippen LogP contribution in [0.25, 0.3) is 0 Å². The summed E-state index contributed by atoms with van der Waals surface area (Å²) in [7, 11) is 0. The quantitative estimate of drug-likeness (QED) is 0.368. The van der Waals surface area contributed by atoms with E-state index in [1.807, 2.05) is 0 Å². The van der Waals surface area contributed by atoms with Gasteiger partial charge in [-0.2, -0.15) is 0 Å². The summed E-state index contributed by atoms with van der Waals surface area (Å²) in [5, 5.41) is 0. The van der Waals surface area contributed by atoms with Crippen LogP contribution in [-0.2, 0) is 0 Å². The zero-order valence-corrected chi connectivity index (χ0v) is 6.83. The molecule has 4 heteroatoms. The molecule has 0 saturated carbocycles. The second-order valence-corrected chi connectivity index (χ2v) is 1.28. The fourth-order valence-electron chi connectivity index (χ4n) is 0.363. The minimum atomic E-state index is 0. The average molecular weight is 132 g/mol. The van der Waals surface area contributed by atoms with Gasteiger partial charge in [-0.15, -0.1) is 0 Å². The Balaban J connectivity index is 0. The Morgan fingerprint density at radius 1 is 1.22 bits per heavy atom. The number of pyridine rings is 1. The first-order valence-electron chi connectivity index (χ1n) is 2.05. The van der Waals surface area contributed by atoms with Gasteiger partial charge in [0, 0.05) is 18.1 Å². The molecule has 9 heavy (non-hydrogen) atoms. The van der Waals surface area contributed by atoms with Crippen molar-refractivity contribution in [3.05, 3.63) is 24.5 Å². The molecule has 0 spiro atoms. The smallest absolute Gasteiger partial charge is 0.399 e. The molecule has 0 bridgehead atoms. The van der Waals surface area contributed by atoms with E-state index in [2.05, 4.69) is 4.98 Å². The maximum atomic E-state index is 5.32. The molecule has 0 atom stereocenters. The summed E-state index contributed by atoms with van der Waals surface area (Å²) in [5.41, 5.74) is 6.08. The van der Waals surface area contributed by atoms with Gasteiger partial charge in [-0.3, -0.25) is 4.98 Å². The first-order valence-corrected chi connectivity index (χ1v) is 2.05. The van der Waals surface area contributed by atoms with Crippen molar-refractivity contribution in [2.45, 2.75) is 0 Å². The zero-order chi connectivity index (χ0) is 5.11. The Bertz CT molecular complexity index is 145. The molecule has 1 heterocycles. The van der Waals surface area contributed by atoms with Crippen molar-refractivity contribution in [3.63, 3.8) is 0 Å². The SMILES string of the molecule is Nc1ccncc1.[BH4-].[Na+]. The van der Waals surface area contributed by atoms with Gasteiger partial charge in [0.1, 0.15) is 0 Å². The van der Waals surface area contributed by atoms with E-state index >= 15 is 0 Å². The molecule has 2 N–H and O–H groups in total. The van der Waals surface area contributed by atoms with Crippen molar-refractivity contribution < 1.29 is 29.6 Å². The summed E-state index contributed by atoms with van der Waals surface area (Å²) in [5.74, 6) is 0. The molecule has 0 amide bonds. The molecular weight excluding hydrogens is 122 g/mol. The number of anilines is 1. The molecule has 0 aliphatic heterocycles. The average Bonchev–Trinajstić information content (AvgIpc) is 1.69. The van der Waals surface area contributed by atoms with Crippen molar-refractivity contribution in [2.75, 3.05) is 5.73 Å². The number of rotatable bonds is 0. The van der Waals surface area contributed by atoms with Crippen LogP contribution in [0, 0.1) is 0 Å². The third kappa shape index (κ3) is 4.51. The molecule has 44 valence electrons. The van der Waals surface area contributed by atoms with Crippen molar-refractivity contribution in [1.29, 1.82) is 0 Å². The number of nitrogen functional groups attached to an aromatic ring is 1. The first kappa shape index (κ1) is 11.8. The summed E-state index contributed by atoms with van der Waals surface area (Å²) in [4.78, 5) is 3.77. The summed E-state index contributed by atoms with van der Waals surface area (Å²) in [6.07, 6.45) is 3.32. The predicted octanol–water partition coefficient (Wildman–Crippen LogP) is -3.78. The van der Waals surface area contributed by atoms with Gasteiger partial charge in [0.25, 0.3) is 0 Å². The molecule has 0 aliphatic rings. The molecule has 0 aliphatic carbocycles. The van der Waals surface area contributed by atoms with Crippen LogP contribution < -0.4 is 35.3 Å². The normalized spacial score (nSPS) is 6.67. The number of nitrogens with zero attached hydrogens (tertiary/aromatic N) is 1. The Hall–Kier alpha value is 0.0149. The fourth-order valence-corrected chi connectivity index (χ4v) is 0.363. The van der Waals surface area contributed by atoms with Gasteiger partial charge in [0.2, 0.25) is 0 Å². The van der Waals surface area contributed by atoms with E-state index in [4.69, 9.17) is 5.73 Å². The minimum absolute atomic E-state index is 0. The van der Waals surface area contributed by atoms with Crippen LogP contribution in [0.3, 0.4) is 0 Å². The standard InChI is InChI=1S/C5H6N2.BH4.Na/c6-5-1-3-7-4-2-5;;/h1-4H,(H2,6,7);1H4;/q;-1;+1. The van der Waals surface area contributed by atoms with E-state index < -0.39 is 0 Å². The second-order valence-electron chi connectivity index (χ2n) is 1.28. The van der Waals surface area contributed by atoms with E-state index in [1.54, 1.807) is 24.5 Å². The van der Waals surface area contributed by atoms with Gasteiger partial charge in [0.05, 0.1) is 0 Å². The van der Waals surface area contributed by atoms with Gasteiger partial charge in [0.15, 0.2) is 0 Å². The van der Waals surface area contributed by atoms with Crippen molar-refractivity contribution in [1.82, 2.24) is 4.98 Å². The van der Waals surface area contributed by atoms with Crippen LogP contribution in [0.2, 0.25) is 0 Å². The van der Waals surface area contributed by atoms with Crippen LogP contribution in [-0.4, -0.2) is 13.4 Å². The summed E-state index contributed by atoms with van der Waals surface area (Å²) >= 11 is 0. The molecule has 2 nitrogen and oxygen atoms in total. The summed E-state index contributed by atoms with van der Waals surface area (Å²) in [6, 6.07) is 3.50. The molecule has 0 saturated heterocycles. The molecule has 1 aromatic rings. The van der Waals surface area contributed by atoms with Gasteiger partial charge >= 0.3 is 29.6 Å². The molecule has 0 fully saturated rings. The van der Waals surface area contributed by atoms with Crippen LogP contribution in [0.5, 0.6) is 0 Å². The van der Waals surface area contributed by atoms with Gasteiger partial charge in [-0.05, 0) is 12.1 Å². The van der Waals surface area contributed by atoms with Gasteiger partial charge < -0.3 is 5.73 Å². The van der Waals surface area contributed by atoms with Crippen LogP contribution in [0.1, 0.15) is 0 Å². The molecule has 0 radical (unpaired) electrons. The molecule has 1 rings (SSSR count). The third-order valence-corrected chi connectivity index (χ3v) is 0.706. The second kappa shape index (κ2) is 6.14. The number of aromatic nitrogens is 1. The topological polar surface area (TPSA) is 38.9 Å². The van der Waals surface area contributed by atoms with Crippen LogP contribution >= 0.6 is 0 Å². The van der Waals surface area contributed by atoms with Crippen molar-refractivity contribution in [2.24, 2.45) is 0 Å². The van der Waals surface area contributed by atoms with Crippen molar-refractivity contribution in [3.8, 4) is 0 Å². The number of nitrogens with two attached hydrogens (primary N) is 1.